The largest absolute Gasteiger partial charge is 0.359 e. The summed E-state index contributed by atoms with van der Waals surface area (Å²) >= 11 is 0. The molecule has 23 heavy (non-hydrogen) atoms. The molecule has 0 aliphatic carbocycles. The third-order valence-corrected chi connectivity index (χ3v) is 4.80. The molecular weight excluding hydrogens is 310 g/mol. The Morgan fingerprint density at radius 3 is 2.61 bits per heavy atom. The highest BCUT2D eigenvalue weighted by atomic mass is 32.2. The SMILES string of the molecule is CCN(C)C1=NS(=O)(=O)NC(Cc2ccc3ccccc3c2)=C1. The summed E-state index contributed by atoms with van der Waals surface area (Å²) in [7, 11) is -1.85. The summed E-state index contributed by atoms with van der Waals surface area (Å²) in [5.74, 6) is 0.460. The molecular formula is C17H19N3O2S. The van der Waals surface area contributed by atoms with E-state index in [1.807, 2.05) is 32.2 Å². The molecule has 0 saturated heterocycles. The summed E-state index contributed by atoms with van der Waals surface area (Å²) in [6.45, 7) is 2.64. The van der Waals surface area contributed by atoms with Crippen molar-refractivity contribution in [2.45, 2.75) is 13.3 Å². The van der Waals surface area contributed by atoms with Crippen molar-refractivity contribution in [1.82, 2.24) is 9.62 Å². The lowest BCUT2D eigenvalue weighted by Gasteiger charge is -2.22. The molecule has 2 aromatic carbocycles. The van der Waals surface area contributed by atoms with Crippen LogP contribution in [0, 0.1) is 0 Å². The van der Waals surface area contributed by atoms with E-state index in [2.05, 4.69) is 33.4 Å². The van der Waals surface area contributed by atoms with Crippen LogP contribution >= 0.6 is 0 Å². The fourth-order valence-corrected chi connectivity index (χ4v) is 3.47. The van der Waals surface area contributed by atoms with E-state index in [9.17, 15) is 8.42 Å². The second-order valence-electron chi connectivity index (χ2n) is 5.57. The molecule has 0 spiro atoms. The maximum Gasteiger partial charge on any atom is 0.343 e. The first-order valence-corrected chi connectivity index (χ1v) is 8.93. The molecule has 3 rings (SSSR count). The Kier molecular flexibility index (Phi) is 4.09. The van der Waals surface area contributed by atoms with Gasteiger partial charge in [0.15, 0.2) is 0 Å². The van der Waals surface area contributed by atoms with E-state index < -0.39 is 10.2 Å². The zero-order chi connectivity index (χ0) is 16.4. The minimum Gasteiger partial charge on any atom is -0.359 e. The van der Waals surface area contributed by atoms with Gasteiger partial charge in [-0.25, -0.2) is 0 Å². The highest BCUT2D eigenvalue weighted by Gasteiger charge is 2.19. The smallest absolute Gasteiger partial charge is 0.343 e. The van der Waals surface area contributed by atoms with Gasteiger partial charge < -0.3 is 4.90 Å². The van der Waals surface area contributed by atoms with Crippen LogP contribution < -0.4 is 4.72 Å². The van der Waals surface area contributed by atoms with E-state index in [1.165, 1.54) is 5.39 Å². The van der Waals surface area contributed by atoms with Crippen LogP contribution in [0.1, 0.15) is 12.5 Å². The van der Waals surface area contributed by atoms with E-state index in [4.69, 9.17) is 0 Å². The topological polar surface area (TPSA) is 61.8 Å². The lowest BCUT2D eigenvalue weighted by molar-refractivity contribution is 0.534. The maximum atomic E-state index is 11.9. The third kappa shape index (κ3) is 3.53. The lowest BCUT2D eigenvalue weighted by atomic mass is 10.0. The van der Waals surface area contributed by atoms with Gasteiger partial charge in [-0.3, -0.25) is 4.72 Å². The number of hydrogen-bond donors (Lipinski definition) is 1. The first-order valence-electron chi connectivity index (χ1n) is 7.49. The van der Waals surface area contributed by atoms with Crippen LogP contribution in [-0.2, 0) is 16.6 Å². The van der Waals surface area contributed by atoms with Crippen molar-refractivity contribution in [1.29, 1.82) is 0 Å². The van der Waals surface area contributed by atoms with E-state index in [0.29, 0.717) is 24.5 Å². The zero-order valence-electron chi connectivity index (χ0n) is 13.2. The third-order valence-electron chi connectivity index (χ3n) is 3.85. The average Bonchev–Trinajstić information content (AvgIpc) is 2.52. The van der Waals surface area contributed by atoms with E-state index in [1.54, 1.807) is 11.0 Å². The molecule has 2 aromatic rings. The highest BCUT2D eigenvalue weighted by molar-refractivity contribution is 7.88. The first kappa shape index (κ1) is 15.6. The molecule has 120 valence electrons. The second-order valence-corrected chi connectivity index (χ2v) is 6.91. The Bertz CT molecular complexity index is 901. The number of likely N-dealkylation sites (N-methyl/N-ethyl adjacent to an activating group) is 1. The van der Waals surface area contributed by atoms with Gasteiger partial charge in [0, 0.05) is 31.8 Å². The summed E-state index contributed by atoms with van der Waals surface area (Å²) in [5, 5.41) is 2.31. The number of amidine groups is 1. The molecule has 0 saturated carbocycles. The lowest BCUT2D eigenvalue weighted by Crippen LogP contribution is -2.34. The Morgan fingerprint density at radius 2 is 1.87 bits per heavy atom. The fraction of sp³-hybridized carbons (Fsp3) is 0.235. The van der Waals surface area contributed by atoms with Gasteiger partial charge in [0.05, 0.1) is 0 Å². The Balaban J connectivity index is 1.91. The second kappa shape index (κ2) is 6.04. The molecule has 0 atom stereocenters. The quantitative estimate of drug-likeness (QED) is 0.941. The number of nitrogens with zero attached hydrogens (tertiary/aromatic N) is 2. The predicted molar refractivity (Wildman–Crippen MR) is 93.5 cm³/mol. The molecule has 1 heterocycles. The van der Waals surface area contributed by atoms with Crippen molar-refractivity contribution in [3.8, 4) is 0 Å². The first-order chi connectivity index (χ1) is 11.0. The van der Waals surface area contributed by atoms with E-state index in [0.717, 1.165) is 10.9 Å². The molecule has 0 unspecified atom stereocenters. The van der Waals surface area contributed by atoms with Gasteiger partial charge in [-0.2, -0.15) is 8.42 Å². The van der Waals surface area contributed by atoms with E-state index in [-0.39, 0.29) is 0 Å². The van der Waals surface area contributed by atoms with E-state index >= 15 is 0 Å². The molecule has 0 fully saturated rings. The minimum absolute atomic E-state index is 0.460. The summed E-state index contributed by atoms with van der Waals surface area (Å²) in [6.07, 6.45) is 2.31. The van der Waals surface area contributed by atoms with Crippen molar-refractivity contribution >= 4 is 26.8 Å². The number of hydrogen-bond acceptors (Lipinski definition) is 3. The average molecular weight is 329 g/mol. The molecule has 0 radical (unpaired) electrons. The standard InChI is InChI=1S/C17H19N3O2S/c1-3-20(2)17-12-16(18-23(21,22)19-17)11-13-8-9-14-6-4-5-7-15(14)10-13/h4-10,12,18H,3,11H2,1-2H3. The molecule has 1 aliphatic heterocycles. The van der Waals surface area contributed by atoms with Crippen molar-refractivity contribution < 1.29 is 8.42 Å². The van der Waals surface area contributed by atoms with Gasteiger partial charge >= 0.3 is 10.2 Å². The molecule has 1 N–H and O–H groups in total. The van der Waals surface area contributed by atoms with Gasteiger partial charge in [0.1, 0.15) is 5.84 Å². The van der Waals surface area contributed by atoms with Gasteiger partial charge in [0.2, 0.25) is 0 Å². The number of allylic oxidation sites excluding steroid dienone is 1. The van der Waals surface area contributed by atoms with Gasteiger partial charge in [-0.05, 0) is 23.3 Å². The summed E-state index contributed by atoms with van der Waals surface area (Å²) in [6, 6.07) is 14.3. The molecule has 0 amide bonds. The van der Waals surface area contributed by atoms with Crippen LogP contribution in [0.2, 0.25) is 0 Å². The van der Waals surface area contributed by atoms with Crippen molar-refractivity contribution in [3.63, 3.8) is 0 Å². The Labute approximate surface area is 136 Å². The van der Waals surface area contributed by atoms with Crippen LogP contribution in [0.4, 0.5) is 0 Å². The maximum absolute atomic E-state index is 11.9. The summed E-state index contributed by atoms with van der Waals surface area (Å²) < 4.78 is 30.1. The number of fused-ring (bicyclic) bond motifs is 1. The number of rotatable bonds is 3. The summed E-state index contributed by atoms with van der Waals surface area (Å²) in [5.41, 5.74) is 1.68. The fourth-order valence-electron chi connectivity index (χ4n) is 2.52. The number of benzene rings is 2. The molecule has 5 nitrogen and oxygen atoms in total. The van der Waals surface area contributed by atoms with Gasteiger partial charge in [-0.15, -0.1) is 4.40 Å². The molecule has 6 heteroatoms. The van der Waals surface area contributed by atoms with Gasteiger partial charge in [-0.1, -0.05) is 42.5 Å². The van der Waals surface area contributed by atoms with Crippen LogP contribution in [-0.4, -0.2) is 32.7 Å². The normalized spacial score (nSPS) is 16.4. The monoisotopic (exact) mass is 329 g/mol. The van der Waals surface area contributed by atoms with Crippen molar-refractivity contribution in [2.24, 2.45) is 4.40 Å². The van der Waals surface area contributed by atoms with Crippen LogP contribution in [0.15, 0.2) is 58.6 Å². The molecule has 1 aliphatic rings. The van der Waals surface area contributed by atoms with Crippen LogP contribution in [0.25, 0.3) is 10.8 Å². The van der Waals surface area contributed by atoms with Crippen molar-refractivity contribution in [3.05, 3.63) is 59.8 Å². The Hall–Kier alpha value is -2.34. The molecule has 0 aromatic heterocycles. The minimum atomic E-state index is -3.67. The van der Waals surface area contributed by atoms with Gasteiger partial charge in [0.25, 0.3) is 0 Å². The highest BCUT2D eigenvalue weighted by Crippen LogP contribution is 2.19. The van der Waals surface area contributed by atoms with Crippen LogP contribution in [0.3, 0.4) is 0 Å². The predicted octanol–water partition coefficient (Wildman–Crippen LogP) is 2.46. The molecule has 0 bridgehead atoms. The number of nitrogens with one attached hydrogen (secondary N) is 1. The Morgan fingerprint density at radius 1 is 1.13 bits per heavy atom. The van der Waals surface area contributed by atoms with Crippen molar-refractivity contribution in [2.75, 3.05) is 13.6 Å². The van der Waals surface area contributed by atoms with Crippen LogP contribution in [0.5, 0.6) is 0 Å². The zero-order valence-corrected chi connectivity index (χ0v) is 14.0. The summed E-state index contributed by atoms with van der Waals surface area (Å²) in [4.78, 5) is 1.80.